The van der Waals surface area contributed by atoms with E-state index in [1.165, 1.54) is 18.3 Å². The largest absolute Gasteiger partial charge is 0.486 e. The third-order valence-corrected chi connectivity index (χ3v) is 6.63. The Kier molecular flexibility index (Phi) is 4.50. The summed E-state index contributed by atoms with van der Waals surface area (Å²) in [4.78, 5) is 25.8. The number of benzene rings is 2. The van der Waals surface area contributed by atoms with Crippen LogP contribution in [0, 0.1) is 5.92 Å². The molecule has 0 spiro atoms. The van der Waals surface area contributed by atoms with Gasteiger partial charge in [0.1, 0.15) is 11.9 Å². The Morgan fingerprint density at radius 2 is 1.72 bits per heavy atom. The lowest BCUT2D eigenvalue weighted by atomic mass is 9.63. The molecular weight excluding hydrogens is 364 g/mol. The van der Waals surface area contributed by atoms with Crippen LogP contribution in [0.15, 0.2) is 59.7 Å². The molecule has 3 aliphatic rings. The van der Waals surface area contributed by atoms with Crippen molar-refractivity contribution in [1.82, 2.24) is 0 Å². The lowest BCUT2D eigenvalue weighted by molar-refractivity contribution is 0.0600. The second-order valence-electron chi connectivity index (χ2n) is 8.16. The first kappa shape index (κ1) is 18.2. The van der Waals surface area contributed by atoms with E-state index in [0.29, 0.717) is 5.56 Å². The quantitative estimate of drug-likeness (QED) is 0.417. The Hall–Kier alpha value is -2.88. The Morgan fingerprint density at radius 3 is 2.48 bits per heavy atom. The highest BCUT2D eigenvalue weighted by Gasteiger charge is 2.46. The summed E-state index contributed by atoms with van der Waals surface area (Å²) in [7, 11) is 1.38. The number of hydrogen-bond donors (Lipinski definition) is 0. The number of rotatable bonds is 3. The van der Waals surface area contributed by atoms with E-state index in [9.17, 15) is 9.59 Å². The molecule has 2 aromatic rings. The third kappa shape index (κ3) is 2.98. The maximum absolute atomic E-state index is 13.7. The molecule has 2 bridgehead atoms. The van der Waals surface area contributed by atoms with Gasteiger partial charge in [-0.3, -0.25) is 4.79 Å². The molecule has 1 heterocycles. The summed E-state index contributed by atoms with van der Waals surface area (Å²) in [5.74, 6) is 0.452. The molecular formula is C25H24O4. The molecule has 3 atom stereocenters. The van der Waals surface area contributed by atoms with Crippen molar-refractivity contribution in [2.24, 2.45) is 5.92 Å². The van der Waals surface area contributed by atoms with Gasteiger partial charge in [0.15, 0.2) is 5.78 Å². The number of carbonyl (C=O) groups is 2. The van der Waals surface area contributed by atoms with Crippen molar-refractivity contribution in [1.29, 1.82) is 0 Å². The molecule has 0 amide bonds. The number of ether oxygens (including phenoxy) is 2. The first-order chi connectivity index (χ1) is 14.2. The van der Waals surface area contributed by atoms with Gasteiger partial charge in [-0.15, -0.1) is 0 Å². The molecule has 0 saturated carbocycles. The highest BCUT2D eigenvalue weighted by molar-refractivity contribution is 6.00. The van der Waals surface area contributed by atoms with Crippen molar-refractivity contribution >= 4 is 11.8 Å². The number of hydrogen-bond acceptors (Lipinski definition) is 4. The minimum Gasteiger partial charge on any atom is -0.486 e. The summed E-state index contributed by atoms with van der Waals surface area (Å²) in [6, 6.07) is 15.1. The lowest BCUT2D eigenvalue weighted by Gasteiger charge is -2.45. The Morgan fingerprint density at radius 1 is 0.966 bits per heavy atom. The summed E-state index contributed by atoms with van der Waals surface area (Å²) >= 11 is 0. The van der Waals surface area contributed by atoms with E-state index in [4.69, 9.17) is 9.47 Å². The predicted octanol–water partition coefficient (Wildman–Crippen LogP) is 5.09. The lowest BCUT2D eigenvalue weighted by Crippen LogP contribution is -2.41. The van der Waals surface area contributed by atoms with E-state index < -0.39 is 0 Å². The second kappa shape index (κ2) is 7.18. The zero-order valence-electron chi connectivity index (χ0n) is 16.5. The molecule has 2 aliphatic carbocycles. The van der Waals surface area contributed by atoms with Crippen LogP contribution < -0.4 is 4.74 Å². The first-order valence-corrected chi connectivity index (χ1v) is 10.4. The number of allylic oxidation sites excluding steroid dienone is 1. The molecule has 148 valence electrons. The molecule has 0 aromatic heterocycles. The van der Waals surface area contributed by atoms with E-state index in [-0.39, 0.29) is 29.7 Å². The molecule has 0 N–H and O–H groups in total. The Labute approximate surface area is 170 Å². The zero-order chi connectivity index (χ0) is 20.0. The van der Waals surface area contributed by atoms with Crippen LogP contribution in [0.5, 0.6) is 5.75 Å². The third-order valence-electron chi connectivity index (χ3n) is 6.63. The molecule has 4 heteroatoms. The number of esters is 1. The summed E-state index contributed by atoms with van der Waals surface area (Å²) < 4.78 is 11.3. The van der Waals surface area contributed by atoms with Gasteiger partial charge in [-0.2, -0.15) is 0 Å². The fourth-order valence-corrected chi connectivity index (χ4v) is 5.32. The molecule has 5 rings (SSSR count). The van der Waals surface area contributed by atoms with Gasteiger partial charge in [-0.05, 0) is 61.4 Å². The van der Waals surface area contributed by atoms with Crippen LogP contribution in [-0.2, 0) is 4.74 Å². The molecule has 2 aromatic carbocycles. The maximum atomic E-state index is 13.7. The Balaban J connectivity index is 1.64. The fraction of sp³-hybridized carbons (Fsp3) is 0.360. The molecule has 0 radical (unpaired) electrons. The molecule has 4 nitrogen and oxygen atoms in total. The van der Waals surface area contributed by atoms with Gasteiger partial charge >= 0.3 is 5.97 Å². The van der Waals surface area contributed by atoms with Crippen LogP contribution in [0.4, 0.5) is 0 Å². The molecule has 0 fully saturated rings. The SMILES string of the molecule is COC(=O)c1ccc2c(c1)C1CC(O2)C2=C(CCCC2)C1C(=O)c1ccccc1. The van der Waals surface area contributed by atoms with Gasteiger partial charge in [0, 0.05) is 11.5 Å². The average molecular weight is 388 g/mol. The van der Waals surface area contributed by atoms with E-state index >= 15 is 0 Å². The van der Waals surface area contributed by atoms with Crippen molar-refractivity contribution in [2.75, 3.05) is 7.11 Å². The predicted molar refractivity (Wildman–Crippen MR) is 109 cm³/mol. The van der Waals surface area contributed by atoms with E-state index in [1.54, 1.807) is 6.07 Å². The van der Waals surface area contributed by atoms with Crippen molar-refractivity contribution in [2.45, 2.75) is 44.1 Å². The molecule has 29 heavy (non-hydrogen) atoms. The minimum atomic E-state index is -0.366. The summed E-state index contributed by atoms with van der Waals surface area (Å²) in [6.07, 6.45) is 5.09. The normalized spacial score (nSPS) is 24.8. The van der Waals surface area contributed by atoms with Gasteiger partial charge in [-0.25, -0.2) is 4.79 Å². The zero-order valence-corrected chi connectivity index (χ0v) is 16.5. The summed E-state index contributed by atoms with van der Waals surface area (Å²) in [5, 5.41) is 0. The monoisotopic (exact) mass is 388 g/mol. The number of methoxy groups -OCH3 is 1. The van der Waals surface area contributed by atoms with Crippen LogP contribution in [0.3, 0.4) is 0 Å². The van der Waals surface area contributed by atoms with Crippen LogP contribution in [-0.4, -0.2) is 25.0 Å². The Bertz CT molecular complexity index is 1000. The highest BCUT2D eigenvalue weighted by Crippen LogP contribution is 2.53. The van der Waals surface area contributed by atoms with Gasteiger partial charge < -0.3 is 9.47 Å². The summed E-state index contributed by atoms with van der Waals surface area (Å²) in [6.45, 7) is 0. The van der Waals surface area contributed by atoms with E-state index in [1.807, 2.05) is 42.5 Å². The number of carbonyl (C=O) groups excluding carboxylic acids is 2. The van der Waals surface area contributed by atoms with Crippen LogP contribution in [0.2, 0.25) is 0 Å². The highest BCUT2D eigenvalue weighted by atomic mass is 16.5. The maximum Gasteiger partial charge on any atom is 0.337 e. The fourth-order valence-electron chi connectivity index (χ4n) is 5.32. The smallest absolute Gasteiger partial charge is 0.337 e. The first-order valence-electron chi connectivity index (χ1n) is 10.4. The van der Waals surface area contributed by atoms with Gasteiger partial charge in [0.2, 0.25) is 0 Å². The number of fused-ring (bicyclic) bond motifs is 5. The van der Waals surface area contributed by atoms with E-state index in [2.05, 4.69) is 0 Å². The van der Waals surface area contributed by atoms with Crippen LogP contribution in [0.25, 0.3) is 0 Å². The number of Topliss-reactive ketones (excluding diaryl/α,β-unsaturated/α-hetero) is 1. The van der Waals surface area contributed by atoms with Crippen molar-refractivity contribution < 1.29 is 19.1 Å². The standard InChI is InChI=1S/C25H24O4/c1-28-25(27)16-11-12-21-19(13-16)20-14-22(29-21)17-9-5-6-10-18(17)23(20)24(26)15-7-3-2-4-8-15/h2-4,7-8,11-13,20,22-23H,5-6,9-10,14H2,1H3. The van der Waals surface area contributed by atoms with Gasteiger partial charge in [-0.1, -0.05) is 35.9 Å². The van der Waals surface area contributed by atoms with Crippen molar-refractivity contribution in [3.8, 4) is 5.75 Å². The average Bonchev–Trinajstić information content (AvgIpc) is 2.79. The number of ketones is 1. The van der Waals surface area contributed by atoms with Crippen molar-refractivity contribution in [3.05, 3.63) is 76.4 Å². The van der Waals surface area contributed by atoms with Crippen LogP contribution in [0.1, 0.15) is 64.3 Å². The van der Waals surface area contributed by atoms with Crippen molar-refractivity contribution in [3.63, 3.8) is 0 Å². The second-order valence-corrected chi connectivity index (χ2v) is 8.16. The molecule has 3 unspecified atom stereocenters. The summed E-state index contributed by atoms with van der Waals surface area (Å²) in [5.41, 5.74) is 4.83. The van der Waals surface area contributed by atoms with Gasteiger partial charge in [0.25, 0.3) is 0 Å². The van der Waals surface area contributed by atoms with Crippen LogP contribution >= 0.6 is 0 Å². The van der Waals surface area contributed by atoms with E-state index in [0.717, 1.165) is 49.0 Å². The minimum absolute atomic E-state index is 0.0258. The van der Waals surface area contributed by atoms with Gasteiger partial charge in [0.05, 0.1) is 18.6 Å². The topological polar surface area (TPSA) is 52.6 Å². The molecule has 0 saturated heterocycles. The molecule has 1 aliphatic heterocycles.